The van der Waals surface area contributed by atoms with Crippen LogP contribution in [0.15, 0.2) is 46.9 Å². The molecule has 1 aliphatic carbocycles. The number of ketones is 1. The van der Waals surface area contributed by atoms with Crippen molar-refractivity contribution in [3.05, 3.63) is 87.6 Å². The Labute approximate surface area is 202 Å². The maximum absolute atomic E-state index is 13.4. The number of hydrogen-bond acceptors (Lipinski definition) is 4. The molecule has 4 rings (SSSR count). The first-order valence-corrected chi connectivity index (χ1v) is 11.9. The molecule has 2 aromatic heterocycles. The highest BCUT2D eigenvalue weighted by molar-refractivity contribution is 6.09. The molecule has 0 saturated carbocycles. The van der Waals surface area contributed by atoms with Gasteiger partial charge in [-0.2, -0.15) is 0 Å². The molecule has 5 nitrogen and oxygen atoms in total. The van der Waals surface area contributed by atoms with Crippen LogP contribution < -0.4 is 0 Å². The zero-order valence-corrected chi connectivity index (χ0v) is 21.3. The molecular formula is C29H34N2O3. The zero-order valence-electron chi connectivity index (χ0n) is 21.3. The predicted octanol–water partition coefficient (Wildman–Crippen LogP) is 6.14. The van der Waals surface area contributed by atoms with Crippen LogP contribution in [0.1, 0.15) is 95.3 Å². The van der Waals surface area contributed by atoms with Crippen LogP contribution in [0.25, 0.3) is 0 Å². The standard InChI is InChI=1S/C29H34N2O3/c1-18-15-22-23(29(5,6)14-13-28(22,3)4)16-21(18)26(32)24-11-12-25(34-24)27(33)31(7)17-20-10-8-9-19(2)30-20/h8-12,15-16H,13-14,17H2,1-7H3. The maximum Gasteiger partial charge on any atom is 0.289 e. The summed E-state index contributed by atoms with van der Waals surface area (Å²) in [5.74, 6) is -0.147. The SMILES string of the molecule is Cc1cccc(CN(C)C(=O)c2ccc(C(=O)c3cc4c(cc3C)C(C)(C)CCC4(C)C)o2)n1. The molecule has 0 spiro atoms. The molecular weight excluding hydrogens is 424 g/mol. The quantitative estimate of drug-likeness (QED) is 0.431. The van der Waals surface area contributed by atoms with Gasteiger partial charge in [-0.3, -0.25) is 14.6 Å². The number of amides is 1. The van der Waals surface area contributed by atoms with Crippen molar-refractivity contribution >= 4 is 11.7 Å². The van der Waals surface area contributed by atoms with Gasteiger partial charge in [0.1, 0.15) is 0 Å². The zero-order chi connectivity index (χ0) is 24.8. The molecule has 5 heteroatoms. The molecule has 2 heterocycles. The number of nitrogens with zero attached hydrogens (tertiary/aromatic N) is 2. The van der Waals surface area contributed by atoms with Crippen LogP contribution in [-0.4, -0.2) is 28.6 Å². The summed E-state index contributed by atoms with van der Waals surface area (Å²) in [6.45, 7) is 13.3. The first-order chi connectivity index (χ1) is 15.9. The van der Waals surface area contributed by atoms with Crippen molar-refractivity contribution in [2.45, 2.75) is 71.8 Å². The molecule has 0 bridgehead atoms. The molecule has 0 atom stereocenters. The van der Waals surface area contributed by atoms with E-state index in [9.17, 15) is 9.59 Å². The number of aryl methyl sites for hydroxylation is 2. The minimum absolute atomic E-state index is 0.00438. The third kappa shape index (κ3) is 4.44. The van der Waals surface area contributed by atoms with Crippen LogP contribution in [0.5, 0.6) is 0 Å². The van der Waals surface area contributed by atoms with E-state index in [1.807, 2.05) is 38.1 Å². The van der Waals surface area contributed by atoms with Gasteiger partial charge in [0.25, 0.3) is 5.91 Å². The Hall–Kier alpha value is -3.21. The topological polar surface area (TPSA) is 63.4 Å². The highest BCUT2D eigenvalue weighted by atomic mass is 16.4. The monoisotopic (exact) mass is 458 g/mol. The summed E-state index contributed by atoms with van der Waals surface area (Å²) in [7, 11) is 1.70. The second-order valence-electron chi connectivity index (χ2n) is 10.9. The fraction of sp³-hybridized carbons (Fsp3) is 0.414. The number of carbonyl (C=O) groups is 2. The molecule has 0 unspecified atom stereocenters. The first kappa shape index (κ1) is 23.9. The summed E-state index contributed by atoms with van der Waals surface area (Å²) >= 11 is 0. The molecule has 3 aromatic rings. The Balaban J connectivity index is 1.59. The van der Waals surface area contributed by atoms with Gasteiger partial charge in [-0.05, 0) is 84.5 Å². The van der Waals surface area contributed by atoms with Gasteiger partial charge in [0, 0.05) is 18.3 Å². The average Bonchev–Trinajstić information content (AvgIpc) is 3.26. The number of rotatable bonds is 5. The van der Waals surface area contributed by atoms with Crippen LogP contribution in [0, 0.1) is 13.8 Å². The Bertz CT molecular complexity index is 1270. The van der Waals surface area contributed by atoms with Crippen molar-refractivity contribution in [3.8, 4) is 0 Å². The van der Waals surface area contributed by atoms with E-state index >= 15 is 0 Å². The Kier molecular flexibility index (Phi) is 6.01. The average molecular weight is 459 g/mol. The van der Waals surface area contributed by atoms with E-state index in [4.69, 9.17) is 4.42 Å². The number of fused-ring (bicyclic) bond motifs is 1. The van der Waals surface area contributed by atoms with Crippen molar-refractivity contribution in [3.63, 3.8) is 0 Å². The minimum atomic E-state index is -0.285. The van der Waals surface area contributed by atoms with Crippen LogP contribution in [0.3, 0.4) is 0 Å². The van der Waals surface area contributed by atoms with E-state index in [0.29, 0.717) is 12.1 Å². The lowest BCUT2D eigenvalue weighted by Gasteiger charge is -2.42. The minimum Gasteiger partial charge on any atom is -0.447 e. The third-order valence-electron chi connectivity index (χ3n) is 7.17. The van der Waals surface area contributed by atoms with E-state index in [2.05, 4.69) is 38.7 Å². The van der Waals surface area contributed by atoms with Gasteiger partial charge in [-0.15, -0.1) is 0 Å². The highest BCUT2D eigenvalue weighted by Gasteiger charge is 2.38. The van der Waals surface area contributed by atoms with Crippen LogP contribution in [0.4, 0.5) is 0 Å². The number of pyridine rings is 1. The van der Waals surface area contributed by atoms with Crippen molar-refractivity contribution in [1.29, 1.82) is 0 Å². The number of carbonyl (C=O) groups excluding carboxylic acids is 2. The third-order valence-corrected chi connectivity index (χ3v) is 7.17. The molecule has 1 aliphatic rings. The van der Waals surface area contributed by atoms with E-state index in [-0.39, 0.29) is 34.0 Å². The number of hydrogen-bond donors (Lipinski definition) is 0. The first-order valence-electron chi connectivity index (χ1n) is 11.9. The van der Waals surface area contributed by atoms with Gasteiger partial charge in [0.2, 0.25) is 5.78 Å². The summed E-state index contributed by atoms with van der Waals surface area (Å²) in [5, 5.41) is 0. The molecule has 0 radical (unpaired) electrons. The van der Waals surface area contributed by atoms with Gasteiger partial charge < -0.3 is 9.32 Å². The normalized spacial score (nSPS) is 16.1. The number of furan rings is 1. The maximum atomic E-state index is 13.4. The highest BCUT2D eigenvalue weighted by Crippen LogP contribution is 2.46. The Morgan fingerprint density at radius 2 is 1.56 bits per heavy atom. The fourth-order valence-corrected chi connectivity index (χ4v) is 4.86. The van der Waals surface area contributed by atoms with Gasteiger partial charge in [-0.25, -0.2) is 0 Å². The smallest absolute Gasteiger partial charge is 0.289 e. The summed E-state index contributed by atoms with van der Waals surface area (Å²) in [6.07, 6.45) is 2.19. The lowest BCUT2D eigenvalue weighted by atomic mass is 9.62. The summed E-state index contributed by atoms with van der Waals surface area (Å²) in [5.41, 5.74) is 5.90. The summed E-state index contributed by atoms with van der Waals surface area (Å²) in [4.78, 5) is 32.3. The van der Waals surface area contributed by atoms with Crippen LogP contribution >= 0.6 is 0 Å². The van der Waals surface area contributed by atoms with Gasteiger partial charge in [0.15, 0.2) is 11.5 Å². The second kappa shape index (κ2) is 8.53. The predicted molar refractivity (Wildman–Crippen MR) is 133 cm³/mol. The molecule has 0 N–H and O–H groups in total. The van der Waals surface area contributed by atoms with Crippen molar-refractivity contribution < 1.29 is 14.0 Å². The molecule has 1 amide bonds. The van der Waals surface area contributed by atoms with Gasteiger partial charge in [-0.1, -0.05) is 39.8 Å². The number of aromatic nitrogens is 1. The molecule has 0 fully saturated rings. The van der Waals surface area contributed by atoms with Gasteiger partial charge in [0.05, 0.1) is 12.2 Å². The van der Waals surface area contributed by atoms with Crippen molar-refractivity contribution in [2.24, 2.45) is 0 Å². The Morgan fingerprint density at radius 3 is 2.21 bits per heavy atom. The summed E-state index contributed by atoms with van der Waals surface area (Å²) in [6, 6.07) is 13.1. The lowest BCUT2D eigenvalue weighted by Crippen LogP contribution is -2.34. The molecule has 178 valence electrons. The number of benzene rings is 1. The van der Waals surface area contributed by atoms with E-state index in [1.165, 1.54) is 11.1 Å². The van der Waals surface area contributed by atoms with E-state index < -0.39 is 0 Å². The Morgan fingerprint density at radius 1 is 0.941 bits per heavy atom. The van der Waals surface area contributed by atoms with Crippen LogP contribution in [-0.2, 0) is 17.4 Å². The molecule has 0 saturated heterocycles. The molecule has 34 heavy (non-hydrogen) atoms. The second-order valence-corrected chi connectivity index (χ2v) is 10.9. The van der Waals surface area contributed by atoms with Crippen molar-refractivity contribution in [2.75, 3.05) is 7.05 Å². The van der Waals surface area contributed by atoms with Crippen LogP contribution in [0.2, 0.25) is 0 Å². The summed E-state index contributed by atoms with van der Waals surface area (Å²) < 4.78 is 5.78. The molecule has 1 aromatic carbocycles. The fourth-order valence-electron chi connectivity index (χ4n) is 4.86. The van der Waals surface area contributed by atoms with Crippen molar-refractivity contribution in [1.82, 2.24) is 9.88 Å². The van der Waals surface area contributed by atoms with E-state index in [0.717, 1.165) is 29.8 Å². The largest absolute Gasteiger partial charge is 0.447 e. The lowest BCUT2D eigenvalue weighted by molar-refractivity contribution is 0.0749. The van der Waals surface area contributed by atoms with Gasteiger partial charge >= 0.3 is 0 Å². The molecule has 0 aliphatic heterocycles. The van der Waals surface area contributed by atoms with E-state index in [1.54, 1.807) is 24.1 Å².